The Morgan fingerprint density at radius 3 is 2.54 bits per heavy atom. The van der Waals surface area contributed by atoms with E-state index < -0.39 is 0 Å². The van der Waals surface area contributed by atoms with Gasteiger partial charge in [-0.1, -0.05) is 49.6 Å². The van der Waals surface area contributed by atoms with Gasteiger partial charge in [-0.2, -0.15) is 0 Å². The summed E-state index contributed by atoms with van der Waals surface area (Å²) in [4.78, 5) is 4.86. The zero-order valence-electron chi connectivity index (χ0n) is 16.3. The lowest BCUT2D eigenvalue weighted by atomic mass is 9.72. The number of methoxy groups -OCH3 is 1. The maximum atomic E-state index is 9.49. The number of hydrogen-bond donors (Lipinski definition) is 3. The van der Waals surface area contributed by atoms with Crippen LogP contribution in [0.2, 0.25) is 0 Å². The van der Waals surface area contributed by atoms with Gasteiger partial charge in [0.1, 0.15) is 0 Å². The Labute approximate surface area is 158 Å². The number of hydrogen-bond acceptors (Lipinski definition) is 3. The van der Waals surface area contributed by atoms with Crippen molar-refractivity contribution < 1.29 is 9.84 Å². The summed E-state index contributed by atoms with van der Waals surface area (Å²) < 4.78 is 5.64. The Bertz CT molecular complexity index is 522. The first-order chi connectivity index (χ1) is 12.7. The predicted molar refractivity (Wildman–Crippen MR) is 107 cm³/mol. The van der Waals surface area contributed by atoms with Crippen molar-refractivity contribution in [2.45, 2.75) is 51.6 Å². The minimum Gasteiger partial charge on any atom is -0.396 e. The van der Waals surface area contributed by atoms with Gasteiger partial charge in [0.05, 0.1) is 6.10 Å². The van der Waals surface area contributed by atoms with E-state index in [9.17, 15) is 5.11 Å². The summed E-state index contributed by atoms with van der Waals surface area (Å²) in [5.41, 5.74) is 1.32. The minimum atomic E-state index is -0.0128. The number of guanidine groups is 1. The fourth-order valence-corrected chi connectivity index (χ4v) is 3.81. The van der Waals surface area contributed by atoms with Gasteiger partial charge in [-0.3, -0.25) is 4.99 Å². The highest BCUT2D eigenvalue weighted by Gasteiger charge is 2.31. The van der Waals surface area contributed by atoms with Crippen LogP contribution in [0.3, 0.4) is 0 Å². The van der Waals surface area contributed by atoms with Crippen LogP contribution in [0.25, 0.3) is 0 Å². The summed E-state index contributed by atoms with van der Waals surface area (Å²) in [6, 6.07) is 10.2. The van der Waals surface area contributed by atoms with E-state index >= 15 is 0 Å². The molecule has 1 aliphatic rings. The molecule has 0 radical (unpaired) electrons. The van der Waals surface area contributed by atoms with E-state index in [0.717, 1.165) is 31.0 Å². The first kappa shape index (κ1) is 20.7. The number of ether oxygens (including phenoxy) is 1. The third kappa shape index (κ3) is 6.29. The molecule has 1 fully saturated rings. The quantitative estimate of drug-likeness (QED) is 0.467. The Hall–Kier alpha value is -1.59. The van der Waals surface area contributed by atoms with Gasteiger partial charge in [-0.05, 0) is 37.2 Å². The largest absolute Gasteiger partial charge is 0.396 e. The van der Waals surface area contributed by atoms with Crippen LogP contribution in [0.15, 0.2) is 35.3 Å². The number of nitrogens with zero attached hydrogens (tertiary/aromatic N) is 1. The molecule has 0 heterocycles. The highest BCUT2D eigenvalue weighted by molar-refractivity contribution is 5.79. The van der Waals surface area contributed by atoms with Crippen molar-refractivity contribution in [2.75, 3.05) is 33.4 Å². The molecule has 0 aliphatic heterocycles. The van der Waals surface area contributed by atoms with Crippen LogP contribution < -0.4 is 10.6 Å². The molecular formula is C21H35N3O2. The van der Waals surface area contributed by atoms with Crippen molar-refractivity contribution in [3.05, 3.63) is 35.9 Å². The summed E-state index contributed by atoms with van der Waals surface area (Å²) >= 11 is 0. The lowest BCUT2D eigenvalue weighted by Crippen LogP contribution is -2.41. The predicted octanol–water partition coefficient (Wildman–Crippen LogP) is 3.26. The molecule has 1 aliphatic carbocycles. The van der Waals surface area contributed by atoms with E-state index in [2.05, 4.69) is 29.7 Å². The third-order valence-corrected chi connectivity index (χ3v) is 5.38. The molecule has 2 rings (SSSR count). The van der Waals surface area contributed by atoms with Gasteiger partial charge < -0.3 is 20.5 Å². The van der Waals surface area contributed by atoms with Crippen LogP contribution in [0.5, 0.6) is 0 Å². The fraction of sp³-hybridized carbons (Fsp3) is 0.667. The zero-order valence-corrected chi connectivity index (χ0v) is 16.3. The van der Waals surface area contributed by atoms with Gasteiger partial charge in [0.2, 0.25) is 0 Å². The molecule has 1 atom stereocenters. The van der Waals surface area contributed by atoms with Gasteiger partial charge >= 0.3 is 0 Å². The second-order valence-electron chi connectivity index (χ2n) is 7.25. The number of nitrogens with one attached hydrogen (secondary N) is 2. The molecule has 3 N–H and O–H groups in total. The maximum Gasteiger partial charge on any atom is 0.191 e. The first-order valence-corrected chi connectivity index (χ1v) is 9.94. The van der Waals surface area contributed by atoms with E-state index in [1.165, 1.54) is 32.1 Å². The number of aliphatic hydroxyl groups excluding tert-OH is 1. The van der Waals surface area contributed by atoms with Crippen LogP contribution in [0.1, 0.15) is 57.1 Å². The summed E-state index contributed by atoms with van der Waals surface area (Å²) in [6.07, 6.45) is 6.98. The van der Waals surface area contributed by atoms with Crippen molar-refractivity contribution in [3.63, 3.8) is 0 Å². The highest BCUT2D eigenvalue weighted by Crippen LogP contribution is 2.39. The standard InChI is InChI=1S/C21H35N3O2/c1-3-22-20(23-16-19(26-2)18-10-6-4-7-11-18)24-17-21(14-15-25)12-8-5-9-13-21/h4,6-7,10-11,19,25H,3,5,8-9,12-17H2,1-2H3,(H2,22,23,24). The monoisotopic (exact) mass is 361 g/mol. The Balaban J connectivity index is 1.98. The van der Waals surface area contributed by atoms with Crippen molar-refractivity contribution in [1.82, 2.24) is 10.6 Å². The summed E-state index contributed by atoms with van der Waals surface area (Å²) in [5.74, 6) is 0.827. The second-order valence-corrected chi connectivity index (χ2v) is 7.25. The highest BCUT2D eigenvalue weighted by atomic mass is 16.5. The molecular weight excluding hydrogens is 326 g/mol. The van der Waals surface area contributed by atoms with E-state index in [0.29, 0.717) is 6.54 Å². The lowest BCUT2D eigenvalue weighted by molar-refractivity contribution is 0.106. The van der Waals surface area contributed by atoms with Gasteiger partial charge in [-0.15, -0.1) is 0 Å². The van der Waals surface area contributed by atoms with Crippen LogP contribution in [-0.2, 0) is 4.74 Å². The Morgan fingerprint density at radius 2 is 1.92 bits per heavy atom. The molecule has 5 nitrogen and oxygen atoms in total. The molecule has 0 spiro atoms. The van der Waals surface area contributed by atoms with Crippen LogP contribution in [0.4, 0.5) is 0 Å². The molecule has 0 amide bonds. The first-order valence-electron chi connectivity index (χ1n) is 9.94. The van der Waals surface area contributed by atoms with Gasteiger partial charge in [0.25, 0.3) is 0 Å². The smallest absolute Gasteiger partial charge is 0.191 e. The topological polar surface area (TPSA) is 65.9 Å². The summed E-state index contributed by atoms with van der Waals surface area (Å²) in [7, 11) is 1.74. The van der Waals surface area contributed by atoms with Gasteiger partial charge in [0, 0.05) is 33.4 Å². The molecule has 5 heteroatoms. The molecule has 0 saturated heterocycles. The average Bonchev–Trinajstić information content (AvgIpc) is 2.68. The fourth-order valence-electron chi connectivity index (χ4n) is 3.81. The number of benzene rings is 1. The van der Waals surface area contributed by atoms with Gasteiger partial charge in [-0.25, -0.2) is 0 Å². The van der Waals surface area contributed by atoms with E-state index in [1.54, 1.807) is 7.11 Å². The zero-order chi connectivity index (χ0) is 18.7. The van der Waals surface area contributed by atoms with E-state index in [-0.39, 0.29) is 18.1 Å². The lowest BCUT2D eigenvalue weighted by Gasteiger charge is -2.35. The molecule has 1 saturated carbocycles. The number of rotatable bonds is 9. The van der Waals surface area contributed by atoms with Crippen molar-refractivity contribution in [1.29, 1.82) is 0 Å². The Morgan fingerprint density at radius 1 is 1.19 bits per heavy atom. The second kappa shape index (κ2) is 11.2. The average molecular weight is 362 g/mol. The van der Waals surface area contributed by atoms with Crippen LogP contribution in [-0.4, -0.2) is 44.4 Å². The molecule has 146 valence electrons. The van der Waals surface area contributed by atoms with Crippen LogP contribution in [0, 0.1) is 5.41 Å². The number of aliphatic imine (C=N–C) groups is 1. The molecule has 1 unspecified atom stereocenters. The normalized spacial score (nSPS) is 18.3. The molecule has 1 aromatic rings. The van der Waals surface area contributed by atoms with E-state index in [1.807, 2.05) is 18.2 Å². The van der Waals surface area contributed by atoms with Crippen molar-refractivity contribution in [2.24, 2.45) is 10.4 Å². The Kier molecular flexibility index (Phi) is 8.92. The summed E-state index contributed by atoms with van der Waals surface area (Å²) in [5, 5.41) is 16.2. The molecule has 0 bridgehead atoms. The molecule has 1 aromatic carbocycles. The van der Waals surface area contributed by atoms with Gasteiger partial charge in [0.15, 0.2) is 5.96 Å². The number of aliphatic hydroxyl groups is 1. The SMILES string of the molecule is CCNC(=NCC1(CCO)CCCCC1)NCC(OC)c1ccccc1. The molecule has 0 aromatic heterocycles. The van der Waals surface area contributed by atoms with E-state index in [4.69, 9.17) is 9.73 Å². The summed E-state index contributed by atoms with van der Waals surface area (Å²) in [6.45, 7) is 4.58. The van der Waals surface area contributed by atoms with Crippen molar-refractivity contribution >= 4 is 5.96 Å². The molecule has 26 heavy (non-hydrogen) atoms. The van der Waals surface area contributed by atoms with Crippen molar-refractivity contribution in [3.8, 4) is 0 Å². The minimum absolute atomic E-state index is 0.0128. The van der Waals surface area contributed by atoms with Crippen LogP contribution >= 0.6 is 0 Å². The maximum absolute atomic E-state index is 9.49. The third-order valence-electron chi connectivity index (χ3n) is 5.38.